The Morgan fingerprint density at radius 2 is 1.67 bits per heavy atom. The lowest BCUT2D eigenvalue weighted by Gasteiger charge is -2.24. The molecule has 1 N–H and O–H groups in total. The number of sulfone groups is 1. The number of hydrogen-bond donors (Lipinski definition) is 1. The van der Waals surface area contributed by atoms with Gasteiger partial charge in [0.2, 0.25) is 0 Å². The summed E-state index contributed by atoms with van der Waals surface area (Å²) in [7, 11) is -3.53. The molecule has 5 nitrogen and oxygen atoms in total. The van der Waals surface area contributed by atoms with Gasteiger partial charge in [-0.3, -0.25) is 0 Å². The number of rotatable bonds is 4. The second kappa shape index (κ2) is 6.10. The fourth-order valence-electron chi connectivity index (χ4n) is 1.14. The van der Waals surface area contributed by atoms with Crippen LogP contribution in [0.5, 0.6) is 0 Å². The minimum absolute atomic E-state index is 0.530. The molecule has 0 bridgehead atoms. The highest BCUT2D eigenvalue weighted by Crippen LogP contribution is 2.16. The maximum absolute atomic E-state index is 12.0. The smallest absolute Gasteiger partial charge is 0.408 e. The lowest BCUT2D eigenvalue weighted by atomic mass is 10.2. The zero-order valence-corrected chi connectivity index (χ0v) is 13.2. The SMILES string of the molecule is CC(Cl)[C@H](C)S(=O)(=O)C(C)NC(=O)OC(C)(C)C. The molecular weight excluding hydrogens is 278 g/mol. The summed E-state index contributed by atoms with van der Waals surface area (Å²) in [6, 6.07) is 0. The van der Waals surface area contributed by atoms with Crippen LogP contribution in [0.15, 0.2) is 0 Å². The van der Waals surface area contributed by atoms with Gasteiger partial charge in [-0.2, -0.15) is 0 Å². The third-order valence-corrected chi connectivity index (χ3v) is 5.45. The Morgan fingerprint density at radius 3 is 2.00 bits per heavy atom. The van der Waals surface area contributed by atoms with E-state index >= 15 is 0 Å². The number of hydrogen-bond acceptors (Lipinski definition) is 4. The molecule has 2 unspecified atom stereocenters. The van der Waals surface area contributed by atoms with Crippen LogP contribution >= 0.6 is 11.6 Å². The monoisotopic (exact) mass is 299 g/mol. The van der Waals surface area contributed by atoms with E-state index in [2.05, 4.69) is 5.32 Å². The first kappa shape index (κ1) is 17.5. The van der Waals surface area contributed by atoms with E-state index in [1.807, 2.05) is 0 Å². The van der Waals surface area contributed by atoms with Crippen LogP contribution in [0.2, 0.25) is 0 Å². The van der Waals surface area contributed by atoms with E-state index < -0.39 is 37.5 Å². The van der Waals surface area contributed by atoms with Crippen LogP contribution in [0.1, 0.15) is 41.5 Å². The van der Waals surface area contributed by atoms with E-state index in [0.717, 1.165) is 0 Å². The Labute approximate surface area is 114 Å². The molecule has 0 heterocycles. The largest absolute Gasteiger partial charge is 0.444 e. The average Bonchev–Trinajstić information content (AvgIpc) is 2.12. The summed E-state index contributed by atoms with van der Waals surface area (Å²) in [4.78, 5) is 11.5. The molecule has 0 aliphatic heterocycles. The fraction of sp³-hybridized carbons (Fsp3) is 0.909. The van der Waals surface area contributed by atoms with E-state index in [1.54, 1.807) is 27.7 Å². The van der Waals surface area contributed by atoms with Gasteiger partial charge in [0.15, 0.2) is 9.84 Å². The van der Waals surface area contributed by atoms with Gasteiger partial charge in [-0.15, -0.1) is 11.6 Å². The number of carbonyl (C=O) groups excluding carboxylic acids is 1. The van der Waals surface area contributed by atoms with Crippen molar-refractivity contribution in [2.24, 2.45) is 0 Å². The van der Waals surface area contributed by atoms with Gasteiger partial charge in [0.05, 0.1) is 5.25 Å². The van der Waals surface area contributed by atoms with Crippen molar-refractivity contribution in [3.8, 4) is 0 Å². The van der Waals surface area contributed by atoms with Gasteiger partial charge < -0.3 is 10.1 Å². The van der Waals surface area contributed by atoms with Crippen LogP contribution in [-0.2, 0) is 14.6 Å². The maximum atomic E-state index is 12.0. The summed E-state index contributed by atoms with van der Waals surface area (Å²) in [5.41, 5.74) is -0.668. The molecule has 1 amide bonds. The first-order valence-electron chi connectivity index (χ1n) is 5.74. The number of ether oxygens (including phenoxy) is 1. The summed E-state index contributed by atoms with van der Waals surface area (Å²) in [5, 5.41) is -0.00960. The Kier molecular flexibility index (Phi) is 5.94. The highest BCUT2D eigenvalue weighted by molar-refractivity contribution is 7.92. The van der Waals surface area contributed by atoms with Crippen molar-refractivity contribution in [1.82, 2.24) is 5.32 Å². The Bertz CT molecular complexity index is 386. The molecule has 0 saturated carbocycles. The van der Waals surface area contributed by atoms with Crippen molar-refractivity contribution in [1.29, 1.82) is 0 Å². The van der Waals surface area contributed by atoms with Crippen molar-refractivity contribution in [2.75, 3.05) is 0 Å². The highest BCUT2D eigenvalue weighted by atomic mass is 35.5. The van der Waals surface area contributed by atoms with Gasteiger partial charge in [-0.25, -0.2) is 13.2 Å². The number of nitrogens with one attached hydrogen (secondary N) is 1. The Morgan fingerprint density at radius 1 is 1.22 bits per heavy atom. The second-order valence-corrected chi connectivity index (χ2v) is 8.58. The summed E-state index contributed by atoms with van der Waals surface area (Å²) in [6.45, 7) is 9.62. The van der Waals surface area contributed by atoms with Crippen LogP contribution in [0.3, 0.4) is 0 Å². The molecule has 7 heteroatoms. The van der Waals surface area contributed by atoms with Crippen molar-refractivity contribution in [3.63, 3.8) is 0 Å². The number of carbonyl (C=O) groups is 1. The first-order valence-corrected chi connectivity index (χ1v) is 7.79. The molecule has 108 valence electrons. The van der Waals surface area contributed by atoms with Gasteiger partial charge in [-0.1, -0.05) is 0 Å². The Hall–Kier alpha value is -0.490. The number of halogens is 1. The zero-order valence-electron chi connectivity index (χ0n) is 11.7. The molecule has 0 spiro atoms. The van der Waals surface area contributed by atoms with E-state index in [1.165, 1.54) is 13.8 Å². The van der Waals surface area contributed by atoms with Gasteiger partial charge in [0, 0.05) is 5.38 Å². The molecule has 0 rings (SSSR count). The van der Waals surface area contributed by atoms with Gasteiger partial charge in [0.25, 0.3) is 0 Å². The summed E-state index contributed by atoms with van der Waals surface area (Å²) >= 11 is 5.78. The van der Waals surface area contributed by atoms with Gasteiger partial charge >= 0.3 is 6.09 Å². The molecule has 0 aromatic rings. The van der Waals surface area contributed by atoms with Crippen molar-refractivity contribution < 1.29 is 17.9 Å². The number of alkyl halides is 1. The summed E-state index contributed by atoms with van der Waals surface area (Å²) in [5.74, 6) is 0. The topological polar surface area (TPSA) is 72.5 Å². The van der Waals surface area contributed by atoms with E-state index in [4.69, 9.17) is 16.3 Å². The van der Waals surface area contributed by atoms with Crippen LogP contribution in [-0.4, -0.2) is 36.1 Å². The molecule has 3 atom stereocenters. The standard InChI is InChI=1S/C11H22ClNO4S/c1-7(12)8(2)18(15,16)9(3)13-10(14)17-11(4,5)6/h7-9H,1-6H3,(H,13,14)/t7?,8-,9?/m0/s1. The quantitative estimate of drug-likeness (QED) is 0.808. The van der Waals surface area contributed by atoms with Gasteiger partial charge in [0.1, 0.15) is 11.0 Å². The van der Waals surface area contributed by atoms with Crippen LogP contribution in [0, 0.1) is 0 Å². The molecule has 0 aromatic carbocycles. The zero-order chi connectivity index (χ0) is 14.7. The highest BCUT2D eigenvalue weighted by Gasteiger charge is 2.32. The van der Waals surface area contributed by atoms with Crippen molar-refractivity contribution in [3.05, 3.63) is 0 Å². The summed E-state index contributed by atoms with van der Waals surface area (Å²) in [6.07, 6.45) is -0.756. The Balaban J connectivity index is 4.68. The van der Waals surface area contributed by atoms with Gasteiger partial charge in [-0.05, 0) is 41.5 Å². The fourth-order valence-corrected chi connectivity index (χ4v) is 3.00. The lowest BCUT2D eigenvalue weighted by molar-refractivity contribution is 0.0522. The first-order chi connectivity index (χ1) is 7.88. The van der Waals surface area contributed by atoms with E-state index in [9.17, 15) is 13.2 Å². The molecule has 0 aliphatic carbocycles. The minimum Gasteiger partial charge on any atom is -0.444 e. The predicted molar refractivity (Wildman–Crippen MR) is 72.5 cm³/mol. The normalized spacial score (nSPS) is 17.7. The molecule has 0 aromatic heterocycles. The average molecular weight is 300 g/mol. The molecule has 0 aliphatic rings. The second-order valence-electron chi connectivity index (χ2n) is 5.26. The maximum Gasteiger partial charge on any atom is 0.408 e. The molecule has 0 fully saturated rings. The van der Waals surface area contributed by atoms with Crippen LogP contribution < -0.4 is 5.32 Å². The predicted octanol–water partition coefficient (Wildman–Crippen LogP) is 2.29. The van der Waals surface area contributed by atoms with E-state index in [0.29, 0.717) is 0 Å². The van der Waals surface area contributed by atoms with Crippen molar-refractivity contribution in [2.45, 2.75) is 63.1 Å². The van der Waals surface area contributed by atoms with E-state index in [-0.39, 0.29) is 0 Å². The molecule has 18 heavy (non-hydrogen) atoms. The molecule has 0 saturated heterocycles. The van der Waals surface area contributed by atoms with Crippen LogP contribution in [0.25, 0.3) is 0 Å². The molecule has 0 radical (unpaired) electrons. The lowest BCUT2D eigenvalue weighted by Crippen LogP contribution is -2.45. The third kappa shape index (κ3) is 5.44. The number of amides is 1. The van der Waals surface area contributed by atoms with Crippen molar-refractivity contribution >= 4 is 27.5 Å². The number of alkyl carbamates (subject to hydrolysis) is 1. The molecular formula is C11H22ClNO4S. The summed E-state index contributed by atoms with van der Waals surface area (Å²) < 4.78 is 29.0. The minimum atomic E-state index is -3.53. The van der Waals surface area contributed by atoms with Crippen LogP contribution in [0.4, 0.5) is 4.79 Å². The third-order valence-electron chi connectivity index (χ3n) is 2.38.